The summed E-state index contributed by atoms with van der Waals surface area (Å²) in [6.07, 6.45) is -1.99. The molecule has 0 radical (unpaired) electrons. The van der Waals surface area contributed by atoms with Crippen molar-refractivity contribution in [2.24, 2.45) is 5.92 Å². The van der Waals surface area contributed by atoms with Crippen LogP contribution in [0.3, 0.4) is 0 Å². The van der Waals surface area contributed by atoms with E-state index in [-0.39, 0.29) is 6.04 Å². The van der Waals surface area contributed by atoms with E-state index in [1.165, 1.54) is 12.1 Å². The molecule has 0 amide bonds. The molecule has 2 aliphatic rings. The van der Waals surface area contributed by atoms with Crippen molar-refractivity contribution in [2.75, 3.05) is 13.2 Å². The van der Waals surface area contributed by atoms with Gasteiger partial charge in [-0.2, -0.15) is 13.2 Å². The molecule has 4 rings (SSSR count). The Morgan fingerprint density at radius 1 is 0.962 bits per heavy atom. The average molecular weight is 363 g/mol. The molecule has 0 spiro atoms. The third-order valence-electron chi connectivity index (χ3n) is 4.83. The van der Waals surface area contributed by atoms with E-state index in [4.69, 9.17) is 9.47 Å². The molecule has 26 heavy (non-hydrogen) atoms. The molecule has 1 aliphatic carbocycles. The van der Waals surface area contributed by atoms with Crippen molar-refractivity contribution in [2.45, 2.75) is 31.6 Å². The van der Waals surface area contributed by atoms with Crippen LogP contribution in [0.4, 0.5) is 13.2 Å². The maximum atomic E-state index is 12.7. The Hall–Kier alpha value is -2.21. The van der Waals surface area contributed by atoms with Gasteiger partial charge in [-0.3, -0.25) is 0 Å². The topological polar surface area (TPSA) is 30.5 Å². The Morgan fingerprint density at radius 2 is 1.65 bits per heavy atom. The lowest BCUT2D eigenvalue weighted by molar-refractivity contribution is -0.137. The van der Waals surface area contributed by atoms with Crippen LogP contribution in [0.2, 0.25) is 0 Å². The molecule has 0 bridgehead atoms. The van der Waals surface area contributed by atoms with Gasteiger partial charge in [0, 0.05) is 12.6 Å². The maximum Gasteiger partial charge on any atom is 0.416 e. The molecule has 1 saturated carbocycles. The number of rotatable bonds is 5. The monoisotopic (exact) mass is 363 g/mol. The molecule has 1 N–H and O–H groups in total. The second-order valence-electron chi connectivity index (χ2n) is 6.79. The normalized spacial score (nSPS) is 17.8. The highest BCUT2D eigenvalue weighted by molar-refractivity contribution is 5.45. The largest absolute Gasteiger partial charge is 0.486 e. The molecule has 0 saturated heterocycles. The van der Waals surface area contributed by atoms with Crippen LogP contribution in [-0.2, 0) is 12.7 Å². The van der Waals surface area contributed by atoms with E-state index < -0.39 is 11.7 Å². The predicted molar refractivity (Wildman–Crippen MR) is 91.2 cm³/mol. The second-order valence-corrected chi connectivity index (χ2v) is 6.79. The number of fused-ring (bicyclic) bond motifs is 1. The fourth-order valence-corrected chi connectivity index (χ4v) is 3.28. The van der Waals surface area contributed by atoms with E-state index in [1.54, 1.807) is 0 Å². The number of benzene rings is 2. The zero-order valence-electron chi connectivity index (χ0n) is 14.2. The first-order valence-corrected chi connectivity index (χ1v) is 8.80. The van der Waals surface area contributed by atoms with Gasteiger partial charge in [0.1, 0.15) is 13.2 Å². The van der Waals surface area contributed by atoms with Crippen molar-refractivity contribution >= 4 is 0 Å². The Labute approximate surface area is 150 Å². The fraction of sp³-hybridized carbons (Fsp3) is 0.400. The summed E-state index contributed by atoms with van der Waals surface area (Å²) in [4.78, 5) is 0. The predicted octanol–water partition coefficient (Wildman–Crippen LogP) is 4.72. The van der Waals surface area contributed by atoms with Crippen LogP contribution in [0.5, 0.6) is 11.5 Å². The highest BCUT2D eigenvalue weighted by Crippen LogP contribution is 2.43. The minimum atomic E-state index is -4.30. The summed E-state index contributed by atoms with van der Waals surface area (Å²) < 4.78 is 49.2. The van der Waals surface area contributed by atoms with Gasteiger partial charge in [0.15, 0.2) is 11.5 Å². The number of alkyl halides is 3. The summed E-state index contributed by atoms with van der Waals surface area (Å²) in [5, 5.41) is 3.50. The van der Waals surface area contributed by atoms with E-state index in [9.17, 15) is 13.2 Å². The van der Waals surface area contributed by atoms with Crippen molar-refractivity contribution < 1.29 is 22.6 Å². The first-order chi connectivity index (χ1) is 12.5. The number of hydrogen-bond acceptors (Lipinski definition) is 3. The third-order valence-corrected chi connectivity index (χ3v) is 4.83. The van der Waals surface area contributed by atoms with Gasteiger partial charge in [-0.05, 0) is 54.2 Å². The Morgan fingerprint density at radius 3 is 2.31 bits per heavy atom. The van der Waals surface area contributed by atoms with Crippen LogP contribution >= 0.6 is 0 Å². The highest BCUT2D eigenvalue weighted by atomic mass is 19.4. The van der Waals surface area contributed by atoms with Gasteiger partial charge in [0.25, 0.3) is 0 Å². The molecule has 2 aromatic rings. The molecule has 1 atom stereocenters. The zero-order valence-corrected chi connectivity index (χ0v) is 14.2. The lowest BCUT2D eigenvalue weighted by Gasteiger charge is -2.23. The van der Waals surface area contributed by atoms with Crippen molar-refractivity contribution in [1.29, 1.82) is 0 Å². The molecule has 6 heteroatoms. The van der Waals surface area contributed by atoms with Gasteiger partial charge < -0.3 is 14.8 Å². The lowest BCUT2D eigenvalue weighted by atomic mass is 10.0. The molecule has 1 heterocycles. The summed E-state index contributed by atoms with van der Waals surface area (Å²) in [5.74, 6) is 2.07. The number of hydrogen-bond donors (Lipinski definition) is 1. The van der Waals surface area contributed by atoms with Gasteiger partial charge >= 0.3 is 6.18 Å². The van der Waals surface area contributed by atoms with Crippen molar-refractivity contribution in [3.63, 3.8) is 0 Å². The van der Waals surface area contributed by atoms with Crippen LogP contribution in [-0.4, -0.2) is 13.2 Å². The van der Waals surface area contributed by atoms with Gasteiger partial charge in [-0.25, -0.2) is 0 Å². The maximum absolute atomic E-state index is 12.7. The van der Waals surface area contributed by atoms with Crippen LogP contribution in [0.25, 0.3) is 0 Å². The van der Waals surface area contributed by atoms with Gasteiger partial charge in [0.05, 0.1) is 5.56 Å². The average Bonchev–Trinajstić information content (AvgIpc) is 3.46. The highest BCUT2D eigenvalue weighted by Gasteiger charge is 2.33. The number of ether oxygens (including phenoxy) is 2. The summed E-state index contributed by atoms with van der Waals surface area (Å²) in [5.41, 5.74) is 1.34. The molecule has 138 valence electrons. The molecule has 0 unspecified atom stereocenters. The Balaban J connectivity index is 1.46. The molecule has 0 aromatic heterocycles. The van der Waals surface area contributed by atoms with Crippen LogP contribution in [0.15, 0.2) is 42.5 Å². The quantitative estimate of drug-likeness (QED) is 0.834. The van der Waals surface area contributed by atoms with E-state index in [0.29, 0.717) is 25.7 Å². The third kappa shape index (κ3) is 3.80. The van der Waals surface area contributed by atoms with Gasteiger partial charge in [-0.1, -0.05) is 18.2 Å². The summed E-state index contributed by atoms with van der Waals surface area (Å²) in [6, 6.07) is 11.5. The first kappa shape index (κ1) is 17.2. The Bertz CT molecular complexity index is 770. The SMILES string of the molecule is FC(F)(F)c1ccc(CN[C@H](c2ccc3c(c2)OCCO3)C2CC2)cc1. The number of nitrogens with one attached hydrogen (secondary N) is 1. The van der Waals surface area contributed by atoms with Crippen molar-refractivity contribution in [1.82, 2.24) is 5.32 Å². The summed E-state index contributed by atoms with van der Waals surface area (Å²) >= 11 is 0. The summed E-state index contributed by atoms with van der Waals surface area (Å²) in [7, 11) is 0. The molecule has 1 fully saturated rings. The van der Waals surface area contributed by atoms with E-state index in [1.807, 2.05) is 18.2 Å². The smallest absolute Gasteiger partial charge is 0.416 e. The molecule has 2 aromatic carbocycles. The van der Waals surface area contributed by atoms with E-state index >= 15 is 0 Å². The van der Waals surface area contributed by atoms with Gasteiger partial charge in [0.2, 0.25) is 0 Å². The minimum absolute atomic E-state index is 0.160. The van der Waals surface area contributed by atoms with Crippen LogP contribution in [0.1, 0.15) is 35.6 Å². The lowest BCUT2D eigenvalue weighted by Crippen LogP contribution is -2.23. The molecular formula is C20H20F3NO2. The van der Waals surface area contributed by atoms with Crippen molar-refractivity contribution in [3.05, 3.63) is 59.2 Å². The van der Waals surface area contributed by atoms with E-state index in [2.05, 4.69) is 5.32 Å². The van der Waals surface area contributed by atoms with Crippen LogP contribution in [0, 0.1) is 5.92 Å². The standard InChI is InChI=1S/C20H20F3NO2/c21-20(22,23)16-6-1-13(2-7-16)12-24-19(14-3-4-14)15-5-8-17-18(11-15)26-10-9-25-17/h1-2,5-8,11,14,19,24H,3-4,9-10,12H2/t19-/m0/s1. The zero-order chi connectivity index (χ0) is 18.1. The first-order valence-electron chi connectivity index (χ1n) is 8.80. The molecule has 3 nitrogen and oxygen atoms in total. The van der Waals surface area contributed by atoms with Crippen molar-refractivity contribution in [3.8, 4) is 11.5 Å². The molecule has 1 aliphatic heterocycles. The van der Waals surface area contributed by atoms with Crippen LogP contribution < -0.4 is 14.8 Å². The van der Waals surface area contributed by atoms with E-state index in [0.717, 1.165) is 47.6 Å². The second kappa shape index (κ2) is 6.83. The summed E-state index contributed by atoms with van der Waals surface area (Å²) in [6.45, 7) is 1.63. The van der Waals surface area contributed by atoms with Gasteiger partial charge in [-0.15, -0.1) is 0 Å². The minimum Gasteiger partial charge on any atom is -0.486 e. The number of halogens is 3. The fourth-order valence-electron chi connectivity index (χ4n) is 3.28. The molecular weight excluding hydrogens is 343 g/mol. The Kier molecular flexibility index (Phi) is 4.53.